The number of rotatable bonds is 2. The summed E-state index contributed by atoms with van der Waals surface area (Å²) in [5, 5.41) is 0. The van der Waals surface area contributed by atoms with Crippen LogP contribution in [0.5, 0.6) is 0 Å². The molecule has 0 N–H and O–H groups in total. The highest BCUT2D eigenvalue weighted by Gasteiger charge is 2.04. The van der Waals surface area contributed by atoms with Crippen molar-refractivity contribution >= 4 is 34.2 Å². The van der Waals surface area contributed by atoms with Crippen LogP contribution in [0.15, 0.2) is 59.3 Å². The zero-order valence-electron chi connectivity index (χ0n) is 9.77. The molecule has 0 atom stereocenters. The van der Waals surface area contributed by atoms with Gasteiger partial charge in [-0.2, -0.15) is 0 Å². The van der Waals surface area contributed by atoms with Gasteiger partial charge in [-0.1, -0.05) is 54.8 Å². The molecule has 0 aromatic carbocycles. The van der Waals surface area contributed by atoms with Crippen LogP contribution in [0, 0.1) is 0 Å². The van der Waals surface area contributed by atoms with Gasteiger partial charge in [-0.25, -0.2) is 0 Å². The van der Waals surface area contributed by atoms with Crippen LogP contribution < -0.4 is 0 Å². The van der Waals surface area contributed by atoms with E-state index in [1.807, 2.05) is 12.2 Å². The molecule has 17 heavy (non-hydrogen) atoms. The first-order valence-corrected chi connectivity index (χ1v) is 6.47. The molecule has 0 aromatic heterocycles. The molecule has 0 saturated carbocycles. The predicted molar refractivity (Wildman–Crippen MR) is 82.6 cm³/mol. The Morgan fingerprint density at radius 1 is 1.00 bits per heavy atom. The lowest BCUT2D eigenvalue weighted by molar-refractivity contribution is 1.33. The second-order valence-corrected chi connectivity index (χ2v) is 5.25. The van der Waals surface area contributed by atoms with Crippen LogP contribution in [0.4, 0.5) is 0 Å². The summed E-state index contributed by atoms with van der Waals surface area (Å²) in [6, 6.07) is 0. The van der Waals surface area contributed by atoms with E-state index in [-0.39, 0.29) is 0 Å². The van der Waals surface area contributed by atoms with Crippen molar-refractivity contribution in [3.63, 3.8) is 0 Å². The highest BCUT2D eigenvalue weighted by atomic mass is 32.1. The van der Waals surface area contributed by atoms with Gasteiger partial charge in [-0.3, -0.25) is 0 Å². The van der Waals surface area contributed by atoms with E-state index >= 15 is 0 Å². The first-order valence-electron chi connectivity index (χ1n) is 5.66. The standard InChI is InChI=1S/C15H14S2/c1-11(13-4-8-15(17)9-5-13)10-12-2-6-14(16)7-3-12/h2-6,8,10H,7,9H2,1H3. The van der Waals surface area contributed by atoms with E-state index in [2.05, 4.69) is 37.3 Å². The van der Waals surface area contributed by atoms with Crippen LogP contribution in [0.3, 0.4) is 0 Å². The zero-order chi connectivity index (χ0) is 12.3. The Kier molecular flexibility index (Phi) is 3.97. The van der Waals surface area contributed by atoms with Crippen molar-refractivity contribution in [3.05, 3.63) is 59.3 Å². The fourth-order valence-electron chi connectivity index (χ4n) is 1.81. The van der Waals surface area contributed by atoms with Crippen LogP contribution in [0.1, 0.15) is 19.8 Å². The summed E-state index contributed by atoms with van der Waals surface area (Å²) >= 11 is 10.3. The number of hydrogen-bond donors (Lipinski definition) is 0. The van der Waals surface area contributed by atoms with E-state index in [4.69, 9.17) is 24.4 Å². The number of thiocarbonyl (C=S) groups is 2. The van der Waals surface area contributed by atoms with Crippen molar-refractivity contribution in [1.82, 2.24) is 0 Å². The Balaban J connectivity index is 2.13. The van der Waals surface area contributed by atoms with Gasteiger partial charge in [-0.05, 0) is 35.8 Å². The third-order valence-electron chi connectivity index (χ3n) is 2.81. The van der Waals surface area contributed by atoms with Crippen molar-refractivity contribution in [3.8, 4) is 0 Å². The molecule has 0 nitrogen and oxygen atoms in total. The summed E-state index contributed by atoms with van der Waals surface area (Å²) in [4.78, 5) is 2.01. The average molecular weight is 258 g/mol. The maximum Gasteiger partial charge on any atom is 0.0190 e. The van der Waals surface area contributed by atoms with Crippen molar-refractivity contribution in [1.29, 1.82) is 0 Å². The van der Waals surface area contributed by atoms with Gasteiger partial charge in [0.15, 0.2) is 0 Å². The summed E-state index contributed by atoms with van der Waals surface area (Å²) in [5.74, 6) is 0. The maximum atomic E-state index is 5.13. The Morgan fingerprint density at radius 2 is 1.65 bits per heavy atom. The normalized spacial score (nSPS) is 20.4. The first kappa shape index (κ1) is 12.3. The van der Waals surface area contributed by atoms with Crippen LogP contribution in [0.2, 0.25) is 0 Å². The second-order valence-electron chi connectivity index (χ2n) is 4.20. The third kappa shape index (κ3) is 3.42. The largest absolute Gasteiger partial charge is 0.0846 e. The van der Waals surface area contributed by atoms with Gasteiger partial charge in [0.2, 0.25) is 0 Å². The fraction of sp³-hybridized carbons (Fsp3) is 0.200. The van der Waals surface area contributed by atoms with Gasteiger partial charge in [0.25, 0.3) is 0 Å². The summed E-state index contributed by atoms with van der Waals surface area (Å²) in [6.07, 6.45) is 16.5. The lowest BCUT2D eigenvalue weighted by Gasteiger charge is -2.09. The minimum absolute atomic E-state index is 0.879. The molecule has 0 unspecified atom stereocenters. The third-order valence-corrected chi connectivity index (χ3v) is 3.42. The van der Waals surface area contributed by atoms with E-state index < -0.39 is 0 Å². The Labute approximate surface area is 113 Å². The minimum atomic E-state index is 0.879. The van der Waals surface area contributed by atoms with Gasteiger partial charge < -0.3 is 0 Å². The Hall–Kier alpha value is -1.12. The van der Waals surface area contributed by atoms with Gasteiger partial charge in [0.1, 0.15) is 0 Å². The van der Waals surface area contributed by atoms with Gasteiger partial charge in [0, 0.05) is 22.6 Å². The molecule has 0 aliphatic heterocycles. The molecular formula is C15H14S2. The molecule has 0 fully saturated rings. The van der Waals surface area contributed by atoms with Crippen molar-refractivity contribution in [2.24, 2.45) is 0 Å². The Bertz CT molecular complexity index is 511. The van der Waals surface area contributed by atoms with Crippen molar-refractivity contribution in [2.45, 2.75) is 19.8 Å². The van der Waals surface area contributed by atoms with Crippen LogP contribution >= 0.6 is 24.4 Å². The molecule has 2 heteroatoms. The van der Waals surface area contributed by atoms with E-state index in [1.165, 1.54) is 16.7 Å². The molecule has 0 radical (unpaired) electrons. The van der Waals surface area contributed by atoms with Crippen LogP contribution in [0.25, 0.3) is 0 Å². The first-order chi connectivity index (χ1) is 8.15. The molecule has 2 rings (SSSR count). The molecule has 86 valence electrons. The van der Waals surface area contributed by atoms with E-state index in [1.54, 1.807) is 0 Å². The average Bonchev–Trinajstić information content (AvgIpc) is 2.33. The van der Waals surface area contributed by atoms with Crippen LogP contribution in [-0.4, -0.2) is 9.73 Å². The quantitative estimate of drug-likeness (QED) is 0.671. The molecule has 0 spiro atoms. The predicted octanol–water partition coefficient (Wildman–Crippen LogP) is 4.45. The topological polar surface area (TPSA) is 0 Å². The van der Waals surface area contributed by atoms with E-state index in [0.717, 1.165) is 22.6 Å². The van der Waals surface area contributed by atoms with Gasteiger partial charge in [0.05, 0.1) is 0 Å². The number of allylic oxidation sites excluding steroid dienone is 10. The summed E-state index contributed by atoms with van der Waals surface area (Å²) in [5.41, 5.74) is 3.77. The lowest BCUT2D eigenvalue weighted by Crippen LogP contribution is -1.96. The molecule has 0 aromatic rings. The zero-order valence-corrected chi connectivity index (χ0v) is 11.4. The molecule has 2 aliphatic carbocycles. The maximum absolute atomic E-state index is 5.13. The molecule has 0 saturated heterocycles. The second kappa shape index (κ2) is 5.48. The highest BCUT2D eigenvalue weighted by molar-refractivity contribution is 7.81. The SMILES string of the molecule is CC(=CC1=CCC(=S)C=C1)C1=CCC(=S)C=C1. The Morgan fingerprint density at radius 3 is 2.18 bits per heavy atom. The molecular weight excluding hydrogens is 244 g/mol. The van der Waals surface area contributed by atoms with Crippen molar-refractivity contribution < 1.29 is 0 Å². The van der Waals surface area contributed by atoms with E-state index in [9.17, 15) is 0 Å². The monoisotopic (exact) mass is 258 g/mol. The number of hydrogen-bond acceptors (Lipinski definition) is 2. The molecule has 0 heterocycles. The molecule has 2 aliphatic rings. The molecule has 0 amide bonds. The lowest BCUT2D eigenvalue weighted by atomic mass is 9.97. The fourth-order valence-corrected chi connectivity index (χ4v) is 2.11. The smallest absolute Gasteiger partial charge is 0.0190 e. The minimum Gasteiger partial charge on any atom is -0.0846 e. The summed E-state index contributed by atoms with van der Waals surface area (Å²) in [6.45, 7) is 2.13. The van der Waals surface area contributed by atoms with E-state index in [0.29, 0.717) is 0 Å². The summed E-state index contributed by atoms with van der Waals surface area (Å²) in [7, 11) is 0. The highest BCUT2D eigenvalue weighted by Crippen LogP contribution is 2.20. The molecule has 0 bridgehead atoms. The van der Waals surface area contributed by atoms with Gasteiger partial charge in [-0.15, -0.1) is 0 Å². The van der Waals surface area contributed by atoms with Gasteiger partial charge >= 0.3 is 0 Å². The van der Waals surface area contributed by atoms with Crippen molar-refractivity contribution in [2.75, 3.05) is 0 Å². The summed E-state index contributed by atoms with van der Waals surface area (Å²) < 4.78 is 0. The van der Waals surface area contributed by atoms with Crippen LogP contribution in [-0.2, 0) is 0 Å².